The second kappa shape index (κ2) is 9.30. The van der Waals surface area contributed by atoms with Gasteiger partial charge in [0, 0.05) is 28.7 Å². The van der Waals surface area contributed by atoms with Crippen LogP contribution in [0, 0.1) is 13.8 Å². The second-order valence-corrected chi connectivity index (χ2v) is 8.36. The molecule has 0 aliphatic carbocycles. The third-order valence-corrected chi connectivity index (χ3v) is 6.14. The molecule has 0 aliphatic rings. The van der Waals surface area contributed by atoms with E-state index in [1.807, 2.05) is 23.9 Å². The van der Waals surface area contributed by atoms with Crippen LogP contribution in [0.1, 0.15) is 28.5 Å². The summed E-state index contributed by atoms with van der Waals surface area (Å²) in [7, 11) is 0. The van der Waals surface area contributed by atoms with Crippen LogP contribution in [0.5, 0.6) is 5.75 Å². The first-order chi connectivity index (χ1) is 16.2. The van der Waals surface area contributed by atoms with Crippen LogP contribution in [0.3, 0.4) is 0 Å². The number of hydrogen-bond acceptors (Lipinski definition) is 5. The summed E-state index contributed by atoms with van der Waals surface area (Å²) in [5, 5.41) is 9.50. The van der Waals surface area contributed by atoms with Crippen LogP contribution in [0.25, 0.3) is 22.4 Å². The first-order valence-electron chi connectivity index (χ1n) is 10.4. The highest BCUT2D eigenvalue weighted by molar-refractivity contribution is 7.14. The minimum absolute atomic E-state index is 0.304. The fourth-order valence-corrected chi connectivity index (χ4v) is 4.37. The van der Waals surface area contributed by atoms with Gasteiger partial charge in [-0.3, -0.25) is 14.8 Å². The van der Waals surface area contributed by atoms with Crippen LogP contribution in [0.4, 0.5) is 18.3 Å². The smallest absolute Gasteiger partial charge is 0.406 e. The molecule has 0 spiro atoms. The molecule has 0 unspecified atom stereocenters. The number of hydrogen-bond donors (Lipinski definition) is 1. The number of nitrogens with one attached hydrogen (secondary N) is 1. The van der Waals surface area contributed by atoms with E-state index in [0.717, 1.165) is 29.1 Å². The number of aryl methyl sites for hydroxylation is 1. The van der Waals surface area contributed by atoms with Crippen LogP contribution >= 0.6 is 11.3 Å². The predicted octanol–water partition coefficient (Wildman–Crippen LogP) is 6.46. The van der Waals surface area contributed by atoms with Crippen LogP contribution in [-0.2, 0) is 6.54 Å². The van der Waals surface area contributed by atoms with Crippen molar-refractivity contribution in [2.24, 2.45) is 0 Å². The third kappa shape index (κ3) is 4.96. The number of anilines is 1. The normalized spacial score (nSPS) is 11.5. The minimum Gasteiger partial charge on any atom is -0.406 e. The molecule has 0 saturated heterocycles. The van der Waals surface area contributed by atoms with Gasteiger partial charge in [-0.25, -0.2) is 4.98 Å². The van der Waals surface area contributed by atoms with Gasteiger partial charge in [0.1, 0.15) is 5.75 Å². The molecule has 6 nitrogen and oxygen atoms in total. The molecule has 2 aromatic carbocycles. The van der Waals surface area contributed by atoms with Crippen LogP contribution < -0.4 is 10.1 Å². The fraction of sp³-hybridized carbons (Fsp3) is 0.208. The molecule has 2 aromatic heterocycles. The quantitative estimate of drug-likeness (QED) is 0.340. The maximum absolute atomic E-state index is 13.0. The standard InChI is InChI=1S/C24H21F3N4O2S/c1-4-31-15(3)20(12-28-31)21-13-34-23(29-21)30-22(32)19-7-5-6-18(14(19)2)16-8-10-17(11-9-16)33-24(25,26)27/h5-13H,4H2,1-3H3,(H,29,30,32). The van der Waals surface area contributed by atoms with Gasteiger partial charge in [-0.15, -0.1) is 24.5 Å². The molecule has 1 amide bonds. The van der Waals surface area contributed by atoms with Crippen molar-refractivity contribution in [3.05, 3.63) is 70.9 Å². The first-order valence-corrected chi connectivity index (χ1v) is 11.3. The number of aromatic nitrogens is 3. The Balaban J connectivity index is 1.53. The summed E-state index contributed by atoms with van der Waals surface area (Å²) in [5.41, 5.74) is 5.19. The minimum atomic E-state index is -4.75. The van der Waals surface area contributed by atoms with Crippen molar-refractivity contribution in [3.63, 3.8) is 0 Å². The Morgan fingerprint density at radius 1 is 1.12 bits per heavy atom. The summed E-state index contributed by atoms with van der Waals surface area (Å²) in [4.78, 5) is 17.5. The number of thiazole rings is 1. The van der Waals surface area contributed by atoms with Crippen molar-refractivity contribution < 1.29 is 22.7 Å². The zero-order chi connectivity index (χ0) is 24.5. The van der Waals surface area contributed by atoms with Gasteiger partial charge in [-0.05, 0) is 55.7 Å². The number of amides is 1. The lowest BCUT2D eigenvalue weighted by atomic mass is 9.96. The molecule has 1 N–H and O–H groups in total. The van der Waals surface area contributed by atoms with Gasteiger partial charge in [0.05, 0.1) is 11.9 Å². The lowest BCUT2D eigenvalue weighted by Gasteiger charge is -2.12. The fourth-order valence-electron chi connectivity index (χ4n) is 3.67. The first kappa shape index (κ1) is 23.5. The molecule has 34 heavy (non-hydrogen) atoms. The molecular weight excluding hydrogens is 465 g/mol. The van der Waals surface area contributed by atoms with Crippen molar-refractivity contribution in [3.8, 4) is 28.1 Å². The Bertz CT molecular complexity index is 1330. The monoisotopic (exact) mass is 486 g/mol. The largest absolute Gasteiger partial charge is 0.573 e. The zero-order valence-corrected chi connectivity index (χ0v) is 19.4. The predicted molar refractivity (Wildman–Crippen MR) is 125 cm³/mol. The Kier molecular flexibility index (Phi) is 6.43. The Labute approximate surface area is 198 Å². The van der Waals surface area contributed by atoms with Gasteiger partial charge in [0.25, 0.3) is 5.91 Å². The van der Waals surface area contributed by atoms with Gasteiger partial charge in [0.15, 0.2) is 5.13 Å². The van der Waals surface area contributed by atoms with Crippen molar-refractivity contribution >= 4 is 22.4 Å². The highest BCUT2D eigenvalue weighted by atomic mass is 32.1. The van der Waals surface area contributed by atoms with E-state index in [0.29, 0.717) is 21.8 Å². The number of alkyl halides is 3. The van der Waals surface area contributed by atoms with E-state index in [1.165, 1.54) is 35.6 Å². The second-order valence-electron chi connectivity index (χ2n) is 7.50. The van der Waals surface area contributed by atoms with E-state index in [9.17, 15) is 18.0 Å². The topological polar surface area (TPSA) is 69.0 Å². The maximum atomic E-state index is 13.0. The molecule has 4 aromatic rings. The molecule has 0 saturated carbocycles. The number of benzene rings is 2. The number of nitrogens with zero attached hydrogens (tertiary/aromatic N) is 3. The molecule has 0 fully saturated rings. The van der Waals surface area contributed by atoms with Crippen LogP contribution in [0.2, 0.25) is 0 Å². The number of carbonyl (C=O) groups excluding carboxylic acids is 1. The molecule has 4 rings (SSSR count). The average molecular weight is 487 g/mol. The molecule has 10 heteroatoms. The van der Waals surface area contributed by atoms with E-state index >= 15 is 0 Å². The van der Waals surface area contributed by atoms with Gasteiger partial charge in [-0.1, -0.05) is 24.3 Å². The van der Waals surface area contributed by atoms with E-state index < -0.39 is 6.36 Å². The molecular formula is C24H21F3N4O2S. The van der Waals surface area contributed by atoms with Gasteiger partial charge in [0.2, 0.25) is 0 Å². The lowest BCUT2D eigenvalue weighted by Crippen LogP contribution is -2.17. The molecule has 0 radical (unpaired) electrons. The number of halogens is 3. The lowest BCUT2D eigenvalue weighted by molar-refractivity contribution is -0.274. The summed E-state index contributed by atoms with van der Waals surface area (Å²) >= 11 is 1.32. The van der Waals surface area contributed by atoms with Crippen LogP contribution in [-0.4, -0.2) is 27.0 Å². The summed E-state index contributed by atoms with van der Waals surface area (Å²) in [6, 6.07) is 10.8. The molecule has 176 valence electrons. The maximum Gasteiger partial charge on any atom is 0.573 e. The Morgan fingerprint density at radius 2 is 1.85 bits per heavy atom. The summed E-state index contributed by atoms with van der Waals surface area (Å²) in [5.74, 6) is -0.625. The molecule has 0 aliphatic heterocycles. The van der Waals surface area contributed by atoms with E-state index in [-0.39, 0.29) is 11.7 Å². The van der Waals surface area contributed by atoms with Crippen molar-refractivity contribution in [1.29, 1.82) is 0 Å². The number of rotatable bonds is 6. The zero-order valence-electron chi connectivity index (χ0n) is 18.6. The number of ether oxygens (including phenoxy) is 1. The number of carbonyl (C=O) groups is 1. The Morgan fingerprint density at radius 3 is 2.50 bits per heavy atom. The molecule has 2 heterocycles. The van der Waals surface area contributed by atoms with Crippen molar-refractivity contribution in [2.45, 2.75) is 33.7 Å². The Hall–Kier alpha value is -3.66. The van der Waals surface area contributed by atoms with Gasteiger partial charge in [-0.2, -0.15) is 5.10 Å². The van der Waals surface area contributed by atoms with Gasteiger partial charge < -0.3 is 4.74 Å². The molecule has 0 atom stereocenters. The van der Waals surface area contributed by atoms with Gasteiger partial charge >= 0.3 is 6.36 Å². The summed E-state index contributed by atoms with van der Waals surface area (Å²) in [6.07, 6.45) is -2.99. The highest BCUT2D eigenvalue weighted by Crippen LogP contribution is 2.31. The van der Waals surface area contributed by atoms with E-state index in [4.69, 9.17) is 0 Å². The summed E-state index contributed by atoms with van der Waals surface area (Å²) in [6.45, 7) is 6.53. The van der Waals surface area contributed by atoms with Crippen LogP contribution in [0.15, 0.2) is 54.0 Å². The SMILES string of the molecule is CCn1ncc(-c2csc(NC(=O)c3cccc(-c4ccc(OC(F)(F)F)cc4)c3C)n2)c1C. The van der Waals surface area contributed by atoms with E-state index in [1.54, 1.807) is 31.3 Å². The highest BCUT2D eigenvalue weighted by Gasteiger charge is 2.31. The molecule has 0 bridgehead atoms. The van der Waals surface area contributed by atoms with Crippen molar-refractivity contribution in [2.75, 3.05) is 5.32 Å². The third-order valence-electron chi connectivity index (χ3n) is 5.38. The average Bonchev–Trinajstić information content (AvgIpc) is 3.39. The van der Waals surface area contributed by atoms with E-state index in [2.05, 4.69) is 20.1 Å². The van der Waals surface area contributed by atoms with Crippen molar-refractivity contribution in [1.82, 2.24) is 14.8 Å². The summed E-state index contributed by atoms with van der Waals surface area (Å²) < 4.78 is 43.0.